The van der Waals surface area contributed by atoms with Crippen LogP contribution in [-0.2, 0) is 34.3 Å². The summed E-state index contributed by atoms with van der Waals surface area (Å²) in [5.41, 5.74) is 3.40. The van der Waals surface area contributed by atoms with Crippen molar-refractivity contribution in [2.75, 3.05) is 13.2 Å². The second kappa shape index (κ2) is 6.79. The molecule has 1 aliphatic carbocycles. The fraction of sp³-hybridized carbons (Fsp3) is 0.333. The van der Waals surface area contributed by atoms with E-state index in [2.05, 4.69) is 0 Å². The van der Waals surface area contributed by atoms with Crippen molar-refractivity contribution in [3.8, 4) is 11.1 Å². The molecule has 2 aromatic rings. The predicted molar refractivity (Wildman–Crippen MR) is 95.7 cm³/mol. The molecule has 0 unspecified atom stereocenters. The van der Waals surface area contributed by atoms with Crippen molar-refractivity contribution in [3.63, 3.8) is 0 Å². The summed E-state index contributed by atoms with van der Waals surface area (Å²) in [7, 11) is 0. The Bertz CT molecular complexity index is 816. The van der Waals surface area contributed by atoms with E-state index in [1.807, 2.05) is 48.5 Å². The number of carbonyl (C=O) groups excluding carboxylic acids is 2. The summed E-state index contributed by atoms with van der Waals surface area (Å²) in [6, 6.07) is 15.3. The summed E-state index contributed by atoms with van der Waals surface area (Å²) < 4.78 is 22.5. The predicted octanol–water partition coefficient (Wildman–Crippen LogP) is 2.78. The highest BCUT2D eigenvalue weighted by Crippen LogP contribution is 2.54. The van der Waals surface area contributed by atoms with Gasteiger partial charge in [0.15, 0.2) is 12.2 Å². The SMILES string of the molecule is CCOC(=O)[C@@H]1OC2(O[C@H]1C(=O)OCC)c1ccccc1-c1ccccc12. The highest BCUT2D eigenvalue weighted by Gasteiger charge is 2.59. The minimum atomic E-state index is -1.35. The van der Waals surface area contributed by atoms with Crippen molar-refractivity contribution in [1.29, 1.82) is 0 Å². The first-order chi connectivity index (χ1) is 13.1. The Morgan fingerprint density at radius 2 is 1.22 bits per heavy atom. The van der Waals surface area contributed by atoms with Gasteiger partial charge in [-0.05, 0) is 25.0 Å². The van der Waals surface area contributed by atoms with Crippen LogP contribution in [0.15, 0.2) is 48.5 Å². The molecule has 0 bridgehead atoms. The van der Waals surface area contributed by atoms with Gasteiger partial charge in [-0.15, -0.1) is 0 Å². The van der Waals surface area contributed by atoms with Crippen molar-refractivity contribution in [1.82, 2.24) is 0 Å². The van der Waals surface area contributed by atoms with E-state index in [1.54, 1.807) is 13.8 Å². The molecule has 2 aliphatic rings. The molecule has 0 N–H and O–H groups in total. The zero-order valence-corrected chi connectivity index (χ0v) is 15.1. The molecular weight excluding hydrogens is 348 g/mol. The standard InChI is InChI=1S/C21H20O6/c1-3-24-19(22)17-18(20(23)25-4-2)27-21(26-17)15-11-7-5-9-13(15)14-10-6-8-12-16(14)21/h5-12,17-18H,3-4H2,1-2H3/t17-,18-/m1/s1. The van der Waals surface area contributed by atoms with Gasteiger partial charge in [0.1, 0.15) is 0 Å². The molecule has 6 nitrogen and oxygen atoms in total. The van der Waals surface area contributed by atoms with Crippen LogP contribution in [0, 0.1) is 0 Å². The lowest BCUT2D eigenvalue weighted by molar-refractivity contribution is -0.173. The maximum Gasteiger partial charge on any atom is 0.338 e. The minimum Gasteiger partial charge on any atom is -0.464 e. The monoisotopic (exact) mass is 368 g/mol. The fourth-order valence-electron chi connectivity index (χ4n) is 3.71. The second-order valence-corrected chi connectivity index (χ2v) is 6.29. The van der Waals surface area contributed by atoms with Crippen LogP contribution >= 0.6 is 0 Å². The molecule has 0 aromatic heterocycles. The summed E-state index contributed by atoms with van der Waals surface area (Å²) >= 11 is 0. The lowest BCUT2D eigenvalue weighted by Crippen LogP contribution is -2.39. The lowest BCUT2D eigenvalue weighted by Gasteiger charge is -2.25. The fourth-order valence-corrected chi connectivity index (χ4v) is 3.71. The van der Waals surface area contributed by atoms with E-state index in [4.69, 9.17) is 18.9 Å². The van der Waals surface area contributed by atoms with Gasteiger partial charge in [0, 0.05) is 11.1 Å². The third-order valence-corrected chi connectivity index (χ3v) is 4.75. The number of esters is 2. The average Bonchev–Trinajstić information content (AvgIpc) is 3.22. The molecule has 0 radical (unpaired) electrons. The van der Waals surface area contributed by atoms with Gasteiger partial charge in [-0.25, -0.2) is 9.59 Å². The summed E-state index contributed by atoms with van der Waals surface area (Å²) in [5.74, 6) is -2.63. The highest BCUT2D eigenvalue weighted by molar-refractivity contribution is 5.88. The number of carbonyl (C=O) groups is 2. The Kier molecular flexibility index (Phi) is 4.45. The van der Waals surface area contributed by atoms with Gasteiger partial charge in [-0.3, -0.25) is 0 Å². The van der Waals surface area contributed by atoms with Gasteiger partial charge in [0.05, 0.1) is 13.2 Å². The van der Waals surface area contributed by atoms with Gasteiger partial charge in [-0.1, -0.05) is 48.5 Å². The maximum absolute atomic E-state index is 12.5. The number of ether oxygens (including phenoxy) is 4. The molecular formula is C21H20O6. The van der Waals surface area contributed by atoms with Gasteiger partial charge < -0.3 is 18.9 Å². The lowest BCUT2D eigenvalue weighted by atomic mass is 10.0. The molecule has 140 valence electrons. The van der Waals surface area contributed by atoms with Crippen molar-refractivity contribution in [2.24, 2.45) is 0 Å². The Morgan fingerprint density at radius 3 is 1.63 bits per heavy atom. The molecule has 1 heterocycles. The van der Waals surface area contributed by atoms with Crippen molar-refractivity contribution < 1.29 is 28.5 Å². The summed E-state index contributed by atoms with van der Waals surface area (Å²) in [6.45, 7) is 3.74. The normalized spacial score (nSPS) is 21.6. The van der Waals surface area contributed by atoms with E-state index < -0.39 is 29.9 Å². The molecule has 1 spiro atoms. The molecule has 6 heteroatoms. The number of hydrogen-bond acceptors (Lipinski definition) is 6. The zero-order valence-electron chi connectivity index (χ0n) is 15.1. The van der Waals surface area contributed by atoms with E-state index in [9.17, 15) is 9.59 Å². The molecule has 27 heavy (non-hydrogen) atoms. The third-order valence-electron chi connectivity index (χ3n) is 4.75. The van der Waals surface area contributed by atoms with E-state index in [-0.39, 0.29) is 13.2 Å². The Hall–Kier alpha value is -2.70. The van der Waals surface area contributed by atoms with Crippen molar-refractivity contribution in [2.45, 2.75) is 31.8 Å². The van der Waals surface area contributed by atoms with Crippen LogP contribution in [0.2, 0.25) is 0 Å². The number of hydrogen-bond donors (Lipinski definition) is 0. The number of rotatable bonds is 4. The first-order valence-corrected chi connectivity index (χ1v) is 9.00. The molecule has 0 amide bonds. The molecule has 1 saturated heterocycles. The van der Waals surface area contributed by atoms with Crippen LogP contribution in [0.4, 0.5) is 0 Å². The molecule has 4 rings (SSSR count). The second-order valence-electron chi connectivity index (χ2n) is 6.29. The number of benzene rings is 2. The van der Waals surface area contributed by atoms with Gasteiger partial charge in [-0.2, -0.15) is 0 Å². The van der Waals surface area contributed by atoms with Crippen molar-refractivity contribution in [3.05, 3.63) is 59.7 Å². The Labute approximate surface area is 157 Å². The van der Waals surface area contributed by atoms with Gasteiger partial charge in [0.25, 0.3) is 0 Å². The van der Waals surface area contributed by atoms with Crippen LogP contribution in [0.25, 0.3) is 11.1 Å². The quantitative estimate of drug-likeness (QED) is 0.773. The van der Waals surface area contributed by atoms with Crippen LogP contribution < -0.4 is 0 Å². The molecule has 1 fully saturated rings. The number of fused-ring (bicyclic) bond motifs is 5. The van der Waals surface area contributed by atoms with E-state index in [1.165, 1.54) is 0 Å². The zero-order chi connectivity index (χ0) is 19.0. The summed E-state index contributed by atoms with van der Waals surface area (Å²) in [4.78, 5) is 25.0. The van der Waals surface area contributed by atoms with Crippen LogP contribution in [-0.4, -0.2) is 37.4 Å². The van der Waals surface area contributed by atoms with E-state index in [0.717, 1.165) is 22.3 Å². The van der Waals surface area contributed by atoms with Gasteiger partial charge in [0.2, 0.25) is 5.79 Å². The topological polar surface area (TPSA) is 71.1 Å². The van der Waals surface area contributed by atoms with Crippen LogP contribution in [0.3, 0.4) is 0 Å². The minimum absolute atomic E-state index is 0.175. The molecule has 2 aromatic carbocycles. The Balaban J connectivity index is 1.83. The van der Waals surface area contributed by atoms with Crippen molar-refractivity contribution >= 4 is 11.9 Å². The van der Waals surface area contributed by atoms with Crippen LogP contribution in [0.1, 0.15) is 25.0 Å². The summed E-state index contributed by atoms with van der Waals surface area (Å²) in [6.07, 6.45) is -2.41. The third kappa shape index (κ3) is 2.64. The molecule has 1 aliphatic heterocycles. The Morgan fingerprint density at radius 1 is 0.815 bits per heavy atom. The first-order valence-electron chi connectivity index (χ1n) is 9.00. The van der Waals surface area contributed by atoms with E-state index in [0.29, 0.717) is 0 Å². The van der Waals surface area contributed by atoms with Gasteiger partial charge >= 0.3 is 11.9 Å². The highest BCUT2D eigenvalue weighted by atomic mass is 16.8. The first kappa shape index (κ1) is 17.7. The largest absolute Gasteiger partial charge is 0.464 e. The maximum atomic E-state index is 12.5. The summed E-state index contributed by atoms with van der Waals surface area (Å²) in [5, 5.41) is 0. The molecule has 0 saturated carbocycles. The van der Waals surface area contributed by atoms with E-state index >= 15 is 0 Å². The average molecular weight is 368 g/mol. The smallest absolute Gasteiger partial charge is 0.338 e. The molecule has 2 atom stereocenters. The van der Waals surface area contributed by atoms with Crippen LogP contribution in [0.5, 0.6) is 0 Å².